The molecule has 2 aromatic rings. The van der Waals surface area contributed by atoms with Gasteiger partial charge >= 0.3 is 5.97 Å². The number of likely N-dealkylation sites (tertiary alicyclic amines) is 1. The number of ether oxygens (including phenoxy) is 2. The maximum absolute atomic E-state index is 11.3. The molecule has 28 heavy (non-hydrogen) atoms. The number of hydrogen-bond acceptors (Lipinski definition) is 4. The smallest absolute Gasteiger partial charge is 0.305 e. The molecule has 5 heteroatoms. The van der Waals surface area contributed by atoms with Crippen LogP contribution in [0.2, 0.25) is 5.02 Å². The Bertz CT molecular complexity index is 745. The van der Waals surface area contributed by atoms with Crippen molar-refractivity contribution in [2.75, 3.05) is 26.8 Å². The van der Waals surface area contributed by atoms with E-state index in [0.29, 0.717) is 19.1 Å². The number of carbonyl (C=O) groups is 1. The highest BCUT2D eigenvalue weighted by Crippen LogP contribution is 2.21. The van der Waals surface area contributed by atoms with Crippen molar-refractivity contribution in [1.29, 1.82) is 0 Å². The summed E-state index contributed by atoms with van der Waals surface area (Å²) < 4.78 is 10.8. The van der Waals surface area contributed by atoms with E-state index in [0.717, 1.165) is 43.1 Å². The van der Waals surface area contributed by atoms with E-state index in [4.69, 9.17) is 21.1 Å². The minimum absolute atomic E-state index is 0.134. The van der Waals surface area contributed by atoms with Crippen LogP contribution < -0.4 is 4.74 Å². The average molecular weight is 402 g/mol. The molecular weight excluding hydrogens is 374 g/mol. The van der Waals surface area contributed by atoms with E-state index in [2.05, 4.69) is 29.2 Å². The molecule has 1 saturated heterocycles. The predicted octanol–water partition coefficient (Wildman–Crippen LogP) is 4.73. The molecule has 1 aliphatic rings. The summed E-state index contributed by atoms with van der Waals surface area (Å²) in [5.74, 6) is 0.770. The summed E-state index contributed by atoms with van der Waals surface area (Å²) in [6.07, 6.45) is 4.53. The normalized spacial score (nSPS) is 16.9. The Balaban J connectivity index is 1.44. The number of halogens is 1. The zero-order valence-corrected chi connectivity index (χ0v) is 17.2. The lowest BCUT2D eigenvalue weighted by atomic mass is 10.1. The van der Waals surface area contributed by atoms with Crippen LogP contribution in [0.15, 0.2) is 48.5 Å². The molecule has 0 aliphatic carbocycles. The average Bonchev–Trinajstić information content (AvgIpc) is 3.16. The zero-order chi connectivity index (χ0) is 19.8. The molecule has 0 N–H and O–H groups in total. The SMILES string of the molecule is COC(=O)CCCN1CCCC1COc1ccc(Cc2ccc(Cl)cc2)cc1. The second-order valence-electron chi connectivity index (χ2n) is 7.27. The van der Waals surface area contributed by atoms with Gasteiger partial charge in [0.2, 0.25) is 0 Å². The molecule has 150 valence electrons. The van der Waals surface area contributed by atoms with Crippen molar-refractivity contribution in [2.45, 2.75) is 38.1 Å². The van der Waals surface area contributed by atoms with Crippen LogP contribution in [-0.2, 0) is 16.0 Å². The fourth-order valence-electron chi connectivity index (χ4n) is 3.64. The molecular formula is C23H28ClNO3. The molecule has 2 aromatic carbocycles. The number of benzene rings is 2. The first-order valence-corrected chi connectivity index (χ1v) is 10.3. The van der Waals surface area contributed by atoms with Crippen molar-refractivity contribution in [3.63, 3.8) is 0 Å². The third kappa shape index (κ3) is 6.25. The molecule has 0 saturated carbocycles. The summed E-state index contributed by atoms with van der Waals surface area (Å²) in [6, 6.07) is 16.7. The molecule has 4 nitrogen and oxygen atoms in total. The number of esters is 1. The van der Waals surface area contributed by atoms with Gasteiger partial charge < -0.3 is 9.47 Å². The van der Waals surface area contributed by atoms with E-state index in [1.54, 1.807) is 0 Å². The fraction of sp³-hybridized carbons (Fsp3) is 0.435. The van der Waals surface area contributed by atoms with Crippen LogP contribution in [0, 0.1) is 0 Å². The quantitative estimate of drug-likeness (QED) is 0.569. The van der Waals surface area contributed by atoms with Crippen LogP contribution >= 0.6 is 11.6 Å². The van der Waals surface area contributed by atoms with Crippen molar-refractivity contribution >= 4 is 17.6 Å². The van der Waals surface area contributed by atoms with E-state index in [1.165, 1.54) is 24.7 Å². The second kappa shape index (κ2) is 10.5. The van der Waals surface area contributed by atoms with Gasteiger partial charge in [0.15, 0.2) is 0 Å². The lowest BCUT2D eigenvalue weighted by molar-refractivity contribution is -0.140. The van der Waals surface area contributed by atoms with Gasteiger partial charge in [-0.2, -0.15) is 0 Å². The minimum atomic E-state index is -0.134. The maximum atomic E-state index is 11.3. The number of rotatable bonds is 9. The monoisotopic (exact) mass is 401 g/mol. The van der Waals surface area contributed by atoms with Gasteiger partial charge in [-0.15, -0.1) is 0 Å². The third-order valence-electron chi connectivity index (χ3n) is 5.24. The summed E-state index contributed by atoms with van der Waals surface area (Å²) in [5.41, 5.74) is 2.49. The molecule has 1 unspecified atom stereocenters. The predicted molar refractivity (Wildman–Crippen MR) is 112 cm³/mol. The van der Waals surface area contributed by atoms with E-state index in [9.17, 15) is 4.79 Å². The van der Waals surface area contributed by atoms with Crippen LogP contribution in [0.25, 0.3) is 0 Å². The van der Waals surface area contributed by atoms with Crippen LogP contribution in [0.5, 0.6) is 5.75 Å². The molecule has 0 bridgehead atoms. The Morgan fingerprint density at radius 1 is 1.11 bits per heavy atom. The number of nitrogens with zero attached hydrogens (tertiary/aromatic N) is 1. The Labute approximate surface area is 172 Å². The Kier molecular flexibility index (Phi) is 7.75. The molecule has 3 rings (SSSR count). The van der Waals surface area contributed by atoms with Crippen molar-refractivity contribution < 1.29 is 14.3 Å². The molecule has 0 spiro atoms. The molecule has 1 aliphatic heterocycles. The Morgan fingerprint density at radius 2 is 1.79 bits per heavy atom. The second-order valence-corrected chi connectivity index (χ2v) is 7.71. The third-order valence-corrected chi connectivity index (χ3v) is 5.49. The lowest BCUT2D eigenvalue weighted by Gasteiger charge is -2.24. The lowest BCUT2D eigenvalue weighted by Crippen LogP contribution is -2.35. The first-order chi connectivity index (χ1) is 13.6. The standard InChI is InChI=1S/C23H28ClNO3/c1-27-23(26)5-3-15-25-14-2-4-21(25)17-28-22-12-8-19(9-13-22)16-18-6-10-20(24)11-7-18/h6-13,21H,2-5,14-17H2,1H3. The van der Waals surface area contributed by atoms with Gasteiger partial charge in [-0.25, -0.2) is 0 Å². The van der Waals surface area contributed by atoms with E-state index >= 15 is 0 Å². The Hall–Kier alpha value is -2.04. The summed E-state index contributed by atoms with van der Waals surface area (Å²) in [7, 11) is 1.44. The fourth-order valence-corrected chi connectivity index (χ4v) is 3.77. The van der Waals surface area contributed by atoms with Gasteiger partial charge in [-0.3, -0.25) is 9.69 Å². The first kappa shape index (κ1) is 20.7. The highest BCUT2D eigenvalue weighted by atomic mass is 35.5. The molecule has 0 aromatic heterocycles. The van der Waals surface area contributed by atoms with E-state index in [-0.39, 0.29) is 5.97 Å². The topological polar surface area (TPSA) is 38.8 Å². The maximum Gasteiger partial charge on any atom is 0.305 e. The van der Waals surface area contributed by atoms with Gasteiger partial charge in [0.1, 0.15) is 12.4 Å². The van der Waals surface area contributed by atoms with Gasteiger partial charge in [0, 0.05) is 17.5 Å². The number of methoxy groups -OCH3 is 1. The van der Waals surface area contributed by atoms with Gasteiger partial charge in [-0.05, 0) is 74.2 Å². The Morgan fingerprint density at radius 3 is 2.46 bits per heavy atom. The van der Waals surface area contributed by atoms with Crippen LogP contribution in [0.4, 0.5) is 0 Å². The summed E-state index contributed by atoms with van der Waals surface area (Å²) >= 11 is 5.94. The summed E-state index contributed by atoms with van der Waals surface area (Å²) in [6.45, 7) is 2.69. The van der Waals surface area contributed by atoms with Crippen molar-refractivity contribution in [3.05, 3.63) is 64.7 Å². The highest BCUT2D eigenvalue weighted by molar-refractivity contribution is 6.30. The molecule has 0 radical (unpaired) electrons. The number of hydrogen-bond donors (Lipinski definition) is 0. The first-order valence-electron chi connectivity index (χ1n) is 9.91. The molecule has 1 heterocycles. The van der Waals surface area contributed by atoms with Crippen molar-refractivity contribution in [1.82, 2.24) is 4.90 Å². The van der Waals surface area contributed by atoms with Crippen LogP contribution in [0.3, 0.4) is 0 Å². The van der Waals surface area contributed by atoms with Crippen LogP contribution in [0.1, 0.15) is 36.8 Å². The summed E-state index contributed by atoms with van der Waals surface area (Å²) in [4.78, 5) is 13.7. The zero-order valence-electron chi connectivity index (χ0n) is 16.4. The minimum Gasteiger partial charge on any atom is -0.492 e. The van der Waals surface area contributed by atoms with Gasteiger partial charge in [0.05, 0.1) is 7.11 Å². The van der Waals surface area contributed by atoms with Gasteiger partial charge in [0.25, 0.3) is 0 Å². The highest BCUT2D eigenvalue weighted by Gasteiger charge is 2.24. The molecule has 1 fully saturated rings. The molecule has 0 amide bonds. The van der Waals surface area contributed by atoms with Crippen molar-refractivity contribution in [2.24, 2.45) is 0 Å². The largest absolute Gasteiger partial charge is 0.492 e. The van der Waals surface area contributed by atoms with E-state index < -0.39 is 0 Å². The van der Waals surface area contributed by atoms with Crippen molar-refractivity contribution in [3.8, 4) is 5.75 Å². The van der Waals surface area contributed by atoms with E-state index in [1.807, 2.05) is 24.3 Å². The van der Waals surface area contributed by atoms with Crippen LogP contribution in [-0.4, -0.2) is 43.7 Å². The summed E-state index contributed by atoms with van der Waals surface area (Å²) in [5, 5.41) is 0.763. The number of carbonyl (C=O) groups excluding carboxylic acids is 1. The molecule has 1 atom stereocenters. The van der Waals surface area contributed by atoms with Gasteiger partial charge in [-0.1, -0.05) is 35.9 Å².